The average molecular weight is 562 g/mol. The van der Waals surface area contributed by atoms with Crippen LogP contribution in [0.2, 0.25) is 0 Å². The zero-order chi connectivity index (χ0) is 28.9. The molecule has 2 amide bonds. The molecule has 6 rings (SSSR count). The number of rotatable bonds is 8. The van der Waals surface area contributed by atoms with Crippen LogP contribution in [0.25, 0.3) is 11.1 Å². The lowest BCUT2D eigenvalue weighted by atomic mass is 9.73. The number of likely N-dealkylation sites (tertiary alicyclic amines) is 1. The maximum absolute atomic E-state index is 15.5. The van der Waals surface area contributed by atoms with E-state index in [-0.39, 0.29) is 30.4 Å². The molecule has 0 unspecified atom stereocenters. The number of nitrogens with two attached hydrogens (primary N) is 1. The van der Waals surface area contributed by atoms with Gasteiger partial charge in [0.2, 0.25) is 5.91 Å². The smallest absolute Gasteiger partial charge is 0.303 e. The Bertz CT molecular complexity index is 1540. The molecule has 1 saturated heterocycles. The lowest BCUT2D eigenvalue weighted by Crippen LogP contribution is -2.45. The molecule has 3 aliphatic rings. The Kier molecular flexibility index (Phi) is 6.77. The highest BCUT2D eigenvalue weighted by Crippen LogP contribution is 2.50. The van der Waals surface area contributed by atoms with Crippen LogP contribution >= 0.6 is 0 Å². The van der Waals surface area contributed by atoms with Crippen molar-refractivity contribution >= 4 is 17.8 Å². The van der Waals surface area contributed by atoms with E-state index in [4.69, 9.17) is 15.6 Å². The lowest BCUT2D eigenvalue weighted by Gasteiger charge is -2.38. The van der Waals surface area contributed by atoms with Crippen molar-refractivity contribution in [2.24, 2.45) is 12.8 Å². The molecule has 3 aromatic rings. The summed E-state index contributed by atoms with van der Waals surface area (Å²) in [5, 5.41) is 13.3. The third-order valence-electron chi connectivity index (χ3n) is 8.72. The van der Waals surface area contributed by atoms with Crippen molar-refractivity contribution in [3.63, 3.8) is 0 Å². The van der Waals surface area contributed by atoms with E-state index in [0.29, 0.717) is 17.9 Å². The molecule has 0 aliphatic carbocycles. The zero-order valence-corrected chi connectivity index (χ0v) is 22.8. The number of benzene rings is 2. The summed E-state index contributed by atoms with van der Waals surface area (Å²) in [6.07, 6.45) is 4.93. The van der Waals surface area contributed by atoms with Gasteiger partial charge in [-0.3, -0.25) is 24.0 Å². The molecule has 0 bridgehead atoms. The van der Waals surface area contributed by atoms with Gasteiger partial charge in [0.15, 0.2) is 0 Å². The number of carbonyl (C=O) groups is 3. The normalized spacial score (nSPS) is 18.3. The van der Waals surface area contributed by atoms with E-state index in [0.717, 1.165) is 49.2 Å². The second kappa shape index (κ2) is 10.3. The summed E-state index contributed by atoms with van der Waals surface area (Å²) in [5.41, 5.74) is 9.62. The molecule has 0 radical (unpaired) electrons. The highest BCUT2D eigenvalue weighted by atomic mass is 19.1. The number of carbonyl (C=O) groups excluding carboxylic acids is 2. The van der Waals surface area contributed by atoms with Crippen molar-refractivity contribution in [1.29, 1.82) is 0 Å². The minimum absolute atomic E-state index is 0.0447. The molecule has 1 fully saturated rings. The average Bonchev–Trinajstić information content (AvgIpc) is 3.62. The van der Waals surface area contributed by atoms with E-state index < -0.39 is 29.6 Å². The van der Waals surface area contributed by atoms with Crippen molar-refractivity contribution in [2.75, 3.05) is 19.7 Å². The molecule has 2 aromatic carbocycles. The van der Waals surface area contributed by atoms with Crippen LogP contribution in [-0.2, 0) is 35.1 Å². The fraction of sp³-hybridized carbons (Fsp3) is 0.400. The fourth-order valence-corrected chi connectivity index (χ4v) is 6.49. The number of aryl methyl sites for hydroxylation is 1. The van der Waals surface area contributed by atoms with E-state index in [1.54, 1.807) is 4.68 Å². The molecule has 1 atom stereocenters. The van der Waals surface area contributed by atoms with Crippen molar-refractivity contribution in [1.82, 2.24) is 19.6 Å². The van der Waals surface area contributed by atoms with Crippen LogP contribution in [0.4, 0.5) is 4.39 Å². The molecule has 3 aliphatic heterocycles. The maximum atomic E-state index is 15.5. The van der Waals surface area contributed by atoms with E-state index in [2.05, 4.69) is 34.3 Å². The minimum Gasteiger partial charge on any atom is -0.492 e. The fourth-order valence-electron chi connectivity index (χ4n) is 6.49. The van der Waals surface area contributed by atoms with Crippen LogP contribution in [0.15, 0.2) is 42.7 Å². The van der Waals surface area contributed by atoms with Crippen molar-refractivity contribution in [3.8, 4) is 16.9 Å². The molecular weight excluding hydrogens is 529 g/mol. The Balaban J connectivity index is 1.18. The van der Waals surface area contributed by atoms with Gasteiger partial charge < -0.3 is 20.5 Å². The van der Waals surface area contributed by atoms with Gasteiger partial charge in [0.25, 0.3) is 5.91 Å². The standard InChI is InChI=1S/C30H32FN5O5/c1-34-15-20(13-33-34)19-4-2-3-18(11-19)14-35-9-7-30(8-10-35)17-41-27-21-16-36(24(28(32)39)5-6-25(37)38)29(40)26(21)23(31)12-22(27)30/h2-4,11-13,15,24H,5-10,14,16-17H2,1H3,(H2,32,39)(H,37,38)/t24-/m0/s1. The summed E-state index contributed by atoms with van der Waals surface area (Å²) in [4.78, 5) is 39.9. The number of piperidine rings is 1. The molecule has 1 aromatic heterocycles. The maximum Gasteiger partial charge on any atom is 0.303 e. The number of aliphatic carboxylic acids is 1. The molecule has 10 nitrogen and oxygen atoms in total. The minimum atomic E-state index is -1.14. The lowest BCUT2D eigenvalue weighted by molar-refractivity contribution is -0.137. The first-order valence-electron chi connectivity index (χ1n) is 13.8. The molecule has 214 valence electrons. The van der Waals surface area contributed by atoms with Gasteiger partial charge in [0.1, 0.15) is 17.6 Å². The summed E-state index contributed by atoms with van der Waals surface area (Å²) < 4.78 is 23.4. The highest BCUT2D eigenvalue weighted by molar-refractivity contribution is 6.02. The number of hydrogen-bond acceptors (Lipinski definition) is 6. The van der Waals surface area contributed by atoms with Crippen LogP contribution in [-0.4, -0.2) is 68.2 Å². The SMILES string of the molecule is Cn1cc(-c2cccc(CN3CCC4(CC3)COc3c4cc(F)c4c3CN([C@@H](CCC(=O)O)C(N)=O)C4=O)c2)cn1. The predicted octanol–water partition coefficient (Wildman–Crippen LogP) is 2.83. The van der Waals surface area contributed by atoms with Crippen LogP contribution < -0.4 is 10.5 Å². The van der Waals surface area contributed by atoms with Gasteiger partial charge in [0.05, 0.1) is 24.9 Å². The Morgan fingerprint density at radius 1 is 1.22 bits per heavy atom. The number of amides is 2. The second-order valence-electron chi connectivity index (χ2n) is 11.3. The third kappa shape index (κ3) is 4.84. The van der Waals surface area contributed by atoms with Crippen molar-refractivity contribution < 1.29 is 28.6 Å². The number of nitrogens with zero attached hydrogens (tertiary/aromatic N) is 4. The van der Waals surface area contributed by atoms with Gasteiger partial charge in [-0.2, -0.15) is 5.10 Å². The van der Waals surface area contributed by atoms with Gasteiger partial charge >= 0.3 is 5.97 Å². The second-order valence-corrected chi connectivity index (χ2v) is 11.3. The van der Waals surface area contributed by atoms with Gasteiger partial charge in [-0.05, 0) is 55.6 Å². The largest absolute Gasteiger partial charge is 0.492 e. The summed E-state index contributed by atoms with van der Waals surface area (Å²) in [6, 6.07) is 8.72. The molecule has 1 spiro atoms. The van der Waals surface area contributed by atoms with Crippen LogP contribution in [0.5, 0.6) is 5.75 Å². The van der Waals surface area contributed by atoms with Gasteiger partial charge in [-0.15, -0.1) is 0 Å². The van der Waals surface area contributed by atoms with E-state index in [1.165, 1.54) is 16.5 Å². The van der Waals surface area contributed by atoms with Crippen molar-refractivity contribution in [2.45, 2.75) is 50.2 Å². The molecule has 11 heteroatoms. The summed E-state index contributed by atoms with van der Waals surface area (Å²) in [7, 11) is 1.90. The first kappa shape index (κ1) is 26.9. The number of carboxylic acid groups (broad SMARTS) is 1. The number of primary amides is 1. The van der Waals surface area contributed by atoms with E-state index in [1.807, 2.05) is 19.4 Å². The topological polar surface area (TPSA) is 131 Å². The number of ether oxygens (including phenoxy) is 1. The predicted molar refractivity (Wildman–Crippen MR) is 146 cm³/mol. The molecule has 3 N–H and O–H groups in total. The van der Waals surface area contributed by atoms with Gasteiger partial charge in [0, 0.05) is 48.3 Å². The summed E-state index contributed by atoms with van der Waals surface area (Å²) >= 11 is 0. The molecule has 4 heterocycles. The number of aromatic nitrogens is 2. The van der Waals surface area contributed by atoms with Crippen molar-refractivity contribution in [3.05, 3.63) is 70.8 Å². The van der Waals surface area contributed by atoms with E-state index in [9.17, 15) is 14.4 Å². The quantitative estimate of drug-likeness (QED) is 0.432. The van der Waals surface area contributed by atoms with E-state index >= 15 is 4.39 Å². The summed E-state index contributed by atoms with van der Waals surface area (Å²) in [6.45, 7) is 2.77. The Hall–Kier alpha value is -4.25. The Morgan fingerprint density at radius 3 is 2.68 bits per heavy atom. The number of halogens is 1. The molecule has 0 saturated carbocycles. The van der Waals surface area contributed by atoms with Crippen LogP contribution in [0.1, 0.15) is 52.7 Å². The Labute approximate surface area is 236 Å². The van der Waals surface area contributed by atoms with Crippen LogP contribution in [0, 0.1) is 5.82 Å². The zero-order valence-electron chi connectivity index (χ0n) is 22.8. The first-order chi connectivity index (χ1) is 19.6. The number of carboxylic acids is 1. The number of fused-ring (bicyclic) bond motifs is 4. The van der Waals surface area contributed by atoms with Gasteiger partial charge in [-0.1, -0.05) is 18.2 Å². The summed E-state index contributed by atoms with van der Waals surface area (Å²) in [5.74, 6) is -2.73. The molecule has 41 heavy (non-hydrogen) atoms. The number of hydrogen-bond donors (Lipinski definition) is 2. The van der Waals surface area contributed by atoms with Crippen LogP contribution in [0.3, 0.4) is 0 Å². The third-order valence-corrected chi connectivity index (χ3v) is 8.72. The first-order valence-corrected chi connectivity index (χ1v) is 13.8. The molecular formula is C30H32FN5O5. The Morgan fingerprint density at radius 2 is 2.00 bits per heavy atom. The van der Waals surface area contributed by atoms with Gasteiger partial charge in [-0.25, -0.2) is 4.39 Å². The highest BCUT2D eigenvalue weighted by Gasteiger charge is 2.48. The monoisotopic (exact) mass is 561 g/mol.